The molecule has 0 radical (unpaired) electrons. The maximum absolute atomic E-state index is 12.1. The number of hydrogen-bond donors (Lipinski definition) is 2. The van der Waals surface area contributed by atoms with Crippen LogP contribution in [0.1, 0.15) is 43.2 Å². The third-order valence-electron chi connectivity index (χ3n) is 4.78. The lowest BCUT2D eigenvalue weighted by Crippen LogP contribution is -3.00. The van der Waals surface area contributed by atoms with Crippen LogP contribution in [-0.2, 0) is 9.53 Å². The number of carboxylic acid groups (broad SMARTS) is 1. The first-order valence-electron chi connectivity index (χ1n) is 10.7. The van der Waals surface area contributed by atoms with Gasteiger partial charge in [0.1, 0.15) is 12.6 Å². The molecule has 3 rings (SSSR count). The van der Waals surface area contributed by atoms with Crippen LogP contribution in [-0.4, -0.2) is 62.5 Å². The maximum Gasteiger partial charge on any atom is 0.407 e. The molecule has 6 nitrogen and oxygen atoms in total. The molecule has 0 saturated heterocycles. The van der Waals surface area contributed by atoms with E-state index in [-0.39, 0.29) is 24.9 Å². The first kappa shape index (κ1) is 27.5. The highest BCUT2D eigenvalue weighted by molar-refractivity contribution is 5.81. The Bertz CT molecular complexity index is 844. The fourth-order valence-electron chi connectivity index (χ4n) is 3.45. The summed E-state index contributed by atoms with van der Waals surface area (Å²) in [6, 6.07) is 15.3. The van der Waals surface area contributed by atoms with E-state index in [0.29, 0.717) is 6.42 Å². The molecule has 0 aliphatic heterocycles. The smallest absolute Gasteiger partial charge is 0.407 e. The molecule has 0 fully saturated rings. The molecule has 0 unspecified atom stereocenters. The van der Waals surface area contributed by atoms with Gasteiger partial charge >= 0.3 is 12.1 Å². The number of carboxylic acids is 1. The zero-order valence-corrected chi connectivity index (χ0v) is 20.4. The van der Waals surface area contributed by atoms with Crippen LogP contribution in [0.4, 0.5) is 4.79 Å². The number of fused-ring (bicyclic) bond motifs is 3. The molecule has 2 aromatic carbocycles. The number of carbonyl (C=O) groups is 2. The lowest BCUT2D eigenvalue weighted by atomic mass is 9.98. The number of hydrogen-bond acceptors (Lipinski definition) is 3. The van der Waals surface area contributed by atoms with E-state index < -0.39 is 18.1 Å². The summed E-state index contributed by atoms with van der Waals surface area (Å²) in [5.74, 6) is -1.07. The van der Waals surface area contributed by atoms with Crippen molar-refractivity contribution in [1.82, 2.24) is 5.32 Å². The number of ether oxygens (including phenoxy) is 1. The summed E-state index contributed by atoms with van der Waals surface area (Å²) in [6.45, 7) is 2.16. The van der Waals surface area contributed by atoms with Crippen molar-refractivity contribution in [3.8, 4) is 11.1 Å². The van der Waals surface area contributed by atoms with E-state index >= 15 is 0 Å². The second-order valence-corrected chi connectivity index (χ2v) is 9.19. The van der Waals surface area contributed by atoms with E-state index in [0.717, 1.165) is 39.6 Å². The van der Waals surface area contributed by atoms with Crippen LogP contribution in [0.2, 0.25) is 0 Å². The number of halogens is 1. The number of carbonyl (C=O) groups excluding carboxylic acids is 1. The maximum atomic E-state index is 12.1. The summed E-state index contributed by atoms with van der Waals surface area (Å²) in [6.07, 6.45) is 1.32. The van der Waals surface area contributed by atoms with Gasteiger partial charge in [0.15, 0.2) is 0 Å². The minimum atomic E-state index is -1.04. The topological polar surface area (TPSA) is 75.6 Å². The summed E-state index contributed by atoms with van der Waals surface area (Å²) >= 11 is 0. The van der Waals surface area contributed by atoms with Crippen molar-refractivity contribution < 1.29 is 36.3 Å². The van der Waals surface area contributed by atoms with Crippen molar-refractivity contribution in [2.75, 3.05) is 34.8 Å². The third-order valence-corrected chi connectivity index (χ3v) is 4.78. The van der Waals surface area contributed by atoms with Gasteiger partial charge in [0.05, 0.1) is 28.2 Å². The first-order valence-corrected chi connectivity index (χ1v) is 10.7. The van der Waals surface area contributed by atoms with Crippen LogP contribution in [0, 0.1) is 0 Å². The molecule has 2 aromatic rings. The highest BCUT2D eigenvalue weighted by Crippen LogP contribution is 2.44. The number of nitrogens with zero attached hydrogens (tertiary/aromatic N) is 1. The molecule has 32 heavy (non-hydrogen) atoms. The summed E-state index contributed by atoms with van der Waals surface area (Å²) in [7, 11) is 8.50. The Morgan fingerprint density at radius 3 is 1.91 bits per heavy atom. The van der Waals surface area contributed by atoms with Gasteiger partial charge in [0.25, 0.3) is 0 Å². The Morgan fingerprint density at radius 2 is 1.47 bits per heavy atom. The van der Waals surface area contributed by atoms with Crippen molar-refractivity contribution >= 4 is 12.1 Å². The first-order chi connectivity index (χ1) is 14.6. The van der Waals surface area contributed by atoms with E-state index in [1.807, 2.05) is 43.3 Å². The van der Waals surface area contributed by atoms with E-state index in [2.05, 4.69) is 45.6 Å². The number of nitrogens with one attached hydrogen (secondary N) is 1. The largest absolute Gasteiger partial charge is 1.00 e. The molecule has 7 heteroatoms. The highest BCUT2D eigenvalue weighted by atomic mass is 35.5. The van der Waals surface area contributed by atoms with Gasteiger partial charge in [-0.2, -0.15) is 0 Å². The Balaban J connectivity index is 0.000000770. The second-order valence-electron chi connectivity index (χ2n) is 9.19. The average molecular weight is 463 g/mol. The van der Waals surface area contributed by atoms with Gasteiger partial charge in [-0.15, -0.1) is 0 Å². The molecule has 0 bridgehead atoms. The SMILES string of the molecule is CCCC[C@H](NC(=O)OCC1c2ccccc2-c2ccccc21)C(=O)O.C[N+](C)(C)C.[Cl-]. The van der Waals surface area contributed by atoms with Gasteiger partial charge in [-0.05, 0) is 28.7 Å². The Hall–Kier alpha value is -2.57. The molecular formula is C25H35ClN2O4. The van der Waals surface area contributed by atoms with E-state index in [9.17, 15) is 14.7 Å². The van der Waals surface area contributed by atoms with Gasteiger partial charge in [-0.1, -0.05) is 68.3 Å². The van der Waals surface area contributed by atoms with Crippen LogP contribution < -0.4 is 17.7 Å². The summed E-state index contributed by atoms with van der Waals surface area (Å²) in [4.78, 5) is 23.4. The molecule has 2 N–H and O–H groups in total. The molecule has 0 saturated carbocycles. The summed E-state index contributed by atoms with van der Waals surface area (Å²) in [5.41, 5.74) is 4.57. The Morgan fingerprint density at radius 1 is 1.00 bits per heavy atom. The van der Waals surface area contributed by atoms with Crippen LogP contribution in [0.25, 0.3) is 11.1 Å². The number of aliphatic carboxylic acids is 1. The predicted octanol–water partition coefficient (Wildman–Crippen LogP) is 1.49. The van der Waals surface area contributed by atoms with Crippen molar-refractivity contribution in [3.05, 3.63) is 59.7 Å². The van der Waals surface area contributed by atoms with Crippen LogP contribution >= 0.6 is 0 Å². The monoisotopic (exact) mass is 462 g/mol. The Labute approximate surface area is 197 Å². The van der Waals surface area contributed by atoms with E-state index in [4.69, 9.17) is 4.74 Å². The molecule has 1 aliphatic carbocycles. The number of quaternary nitrogens is 1. The molecule has 0 aromatic heterocycles. The van der Waals surface area contributed by atoms with Gasteiger partial charge in [-0.25, -0.2) is 9.59 Å². The molecule has 1 amide bonds. The van der Waals surface area contributed by atoms with Crippen LogP contribution in [0.5, 0.6) is 0 Å². The van der Waals surface area contributed by atoms with Gasteiger partial charge < -0.3 is 32.1 Å². The van der Waals surface area contributed by atoms with Crippen LogP contribution in [0.15, 0.2) is 48.5 Å². The minimum absolute atomic E-state index is 0. The zero-order chi connectivity index (χ0) is 23.0. The number of rotatable bonds is 7. The van der Waals surface area contributed by atoms with Crippen molar-refractivity contribution in [1.29, 1.82) is 0 Å². The normalized spacial score (nSPS) is 12.9. The quantitative estimate of drug-likeness (QED) is 0.611. The standard InChI is InChI=1S/C21H23NO4.C4H12N.ClH/c1-2-3-12-19(20(23)24)22-21(25)26-13-18-16-10-6-4-8-14(16)15-9-5-7-11-17(15)18;1-5(2,3)4;/h4-11,18-19H,2-3,12-13H2,1H3,(H,22,25)(H,23,24);1-4H3;1H/q;+1;/p-1/t19-;;/m0../s1. The molecule has 0 spiro atoms. The Kier molecular flexibility index (Phi) is 10.7. The van der Waals surface area contributed by atoms with Crippen molar-refractivity contribution in [2.45, 2.75) is 38.1 Å². The van der Waals surface area contributed by atoms with Gasteiger partial charge in [0.2, 0.25) is 0 Å². The molecule has 1 atom stereocenters. The zero-order valence-electron chi connectivity index (χ0n) is 19.6. The third kappa shape index (κ3) is 8.17. The van der Waals surface area contributed by atoms with Gasteiger partial charge in [0, 0.05) is 5.92 Å². The molecule has 176 valence electrons. The fourth-order valence-corrected chi connectivity index (χ4v) is 3.45. The number of unbranched alkanes of at least 4 members (excludes halogenated alkanes) is 1. The molecular weight excluding hydrogens is 428 g/mol. The minimum Gasteiger partial charge on any atom is -1.00 e. The molecule has 1 aliphatic rings. The summed E-state index contributed by atoms with van der Waals surface area (Å²) in [5, 5.41) is 11.7. The molecule has 0 heterocycles. The average Bonchev–Trinajstić information content (AvgIpc) is 3.02. The number of amides is 1. The predicted molar refractivity (Wildman–Crippen MR) is 123 cm³/mol. The number of alkyl carbamates (subject to hydrolysis) is 1. The van der Waals surface area contributed by atoms with Crippen molar-refractivity contribution in [2.24, 2.45) is 0 Å². The second kappa shape index (κ2) is 12.5. The van der Waals surface area contributed by atoms with E-state index in [1.165, 1.54) is 0 Å². The van der Waals surface area contributed by atoms with E-state index in [1.54, 1.807) is 0 Å². The van der Waals surface area contributed by atoms with Crippen molar-refractivity contribution in [3.63, 3.8) is 0 Å². The summed E-state index contributed by atoms with van der Waals surface area (Å²) < 4.78 is 6.39. The number of benzene rings is 2. The fraction of sp³-hybridized carbons (Fsp3) is 0.440. The highest BCUT2D eigenvalue weighted by Gasteiger charge is 2.29. The lowest BCUT2D eigenvalue weighted by Gasteiger charge is -2.17. The van der Waals surface area contributed by atoms with Gasteiger partial charge in [-0.3, -0.25) is 0 Å². The van der Waals surface area contributed by atoms with Crippen LogP contribution in [0.3, 0.4) is 0 Å². The lowest BCUT2D eigenvalue weighted by molar-refractivity contribution is -0.849.